The summed E-state index contributed by atoms with van der Waals surface area (Å²) in [6.45, 7) is 7.09. The molecule has 154 valence electrons. The van der Waals surface area contributed by atoms with Gasteiger partial charge in [-0.15, -0.1) is 0 Å². The fourth-order valence-corrected chi connectivity index (χ4v) is 3.56. The number of rotatable bonds is 6. The van der Waals surface area contributed by atoms with E-state index in [0.29, 0.717) is 45.6 Å². The fourth-order valence-electron chi connectivity index (χ4n) is 3.56. The Morgan fingerprint density at radius 3 is 2.34 bits per heavy atom. The smallest absolute Gasteiger partial charge is 0.254 e. The molecule has 3 rings (SSSR count). The lowest BCUT2D eigenvalue weighted by Crippen LogP contribution is -2.37. The second-order valence-electron chi connectivity index (χ2n) is 7.61. The average Bonchev–Trinajstić information content (AvgIpc) is 2.98. The van der Waals surface area contributed by atoms with Gasteiger partial charge < -0.3 is 14.5 Å². The van der Waals surface area contributed by atoms with Gasteiger partial charge in [-0.1, -0.05) is 35.9 Å². The molecule has 2 aromatic carbocycles. The van der Waals surface area contributed by atoms with E-state index in [0.717, 1.165) is 23.3 Å². The standard InChI is InChI=1S/C24H30N2O3/c1-19-10-12-21(13-11-19)29-18-5-9-23(27)25-14-6-15-26(17-16-25)24(28)22-8-4-3-7-20(22)2/h3-4,7-8,10-13H,5-6,9,14-18H2,1-2H3. The second-order valence-corrected chi connectivity index (χ2v) is 7.61. The lowest BCUT2D eigenvalue weighted by atomic mass is 10.1. The minimum absolute atomic E-state index is 0.0592. The van der Waals surface area contributed by atoms with E-state index in [4.69, 9.17) is 4.74 Å². The Balaban J connectivity index is 1.43. The van der Waals surface area contributed by atoms with Crippen LogP contribution < -0.4 is 4.74 Å². The molecule has 0 N–H and O–H groups in total. The Morgan fingerprint density at radius 1 is 0.897 bits per heavy atom. The van der Waals surface area contributed by atoms with Crippen LogP contribution in [0, 0.1) is 13.8 Å². The minimum atomic E-state index is 0.0592. The number of hydrogen-bond acceptors (Lipinski definition) is 3. The van der Waals surface area contributed by atoms with Crippen molar-refractivity contribution in [1.82, 2.24) is 9.80 Å². The third kappa shape index (κ3) is 5.83. The topological polar surface area (TPSA) is 49.9 Å². The summed E-state index contributed by atoms with van der Waals surface area (Å²) in [6.07, 6.45) is 1.97. The van der Waals surface area contributed by atoms with Crippen LogP contribution in [0.3, 0.4) is 0 Å². The van der Waals surface area contributed by atoms with Crippen LogP contribution in [0.1, 0.15) is 40.7 Å². The van der Waals surface area contributed by atoms with Gasteiger partial charge >= 0.3 is 0 Å². The molecule has 0 aliphatic carbocycles. The zero-order valence-corrected chi connectivity index (χ0v) is 17.4. The zero-order chi connectivity index (χ0) is 20.6. The molecule has 29 heavy (non-hydrogen) atoms. The van der Waals surface area contributed by atoms with Crippen LogP contribution >= 0.6 is 0 Å². The number of nitrogens with zero attached hydrogens (tertiary/aromatic N) is 2. The highest BCUT2D eigenvalue weighted by molar-refractivity contribution is 5.95. The number of carbonyl (C=O) groups is 2. The lowest BCUT2D eigenvalue weighted by molar-refractivity contribution is -0.131. The molecule has 5 heteroatoms. The maximum Gasteiger partial charge on any atom is 0.254 e. The maximum atomic E-state index is 12.8. The van der Waals surface area contributed by atoms with Crippen LogP contribution in [-0.2, 0) is 4.79 Å². The summed E-state index contributed by atoms with van der Waals surface area (Å²) < 4.78 is 5.71. The Bertz CT molecular complexity index is 832. The first-order valence-electron chi connectivity index (χ1n) is 10.4. The number of carbonyl (C=O) groups excluding carboxylic acids is 2. The Kier molecular flexibility index (Phi) is 7.28. The van der Waals surface area contributed by atoms with E-state index in [1.165, 1.54) is 5.56 Å². The summed E-state index contributed by atoms with van der Waals surface area (Å²) in [4.78, 5) is 29.2. The van der Waals surface area contributed by atoms with Gasteiger partial charge in [0.15, 0.2) is 0 Å². The Hall–Kier alpha value is -2.82. The molecular formula is C24H30N2O3. The molecule has 0 radical (unpaired) electrons. The first-order chi connectivity index (χ1) is 14.0. The molecule has 1 aliphatic heterocycles. The van der Waals surface area contributed by atoms with E-state index >= 15 is 0 Å². The van der Waals surface area contributed by atoms with E-state index < -0.39 is 0 Å². The van der Waals surface area contributed by atoms with Crippen LogP contribution in [0.15, 0.2) is 48.5 Å². The fraction of sp³-hybridized carbons (Fsp3) is 0.417. The first kappa shape index (κ1) is 20.9. The average molecular weight is 395 g/mol. The Labute approximate surface area is 173 Å². The lowest BCUT2D eigenvalue weighted by Gasteiger charge is -2.23. The predicted molar refractivity (Wildman–Crippen MR) is 114 cm³/mol. The van der Waals surface area contributed by atoms with E-state index in [1.54, 1.807) is 0 Å². The maximum absolute atomic E-state index is 12.8. The number of amides is 2. The monoisotopic (exact) mass is 394 g/mol. The summed E-state index contributed by atoms with van der Waals surface area (Å²) in [5.41, 5.74) is 2.94. The third-order valence-corrected chi connectivity index (χ3v) is 5.34. The molecule has 2 amide bonds. The highest BCUT2D eigenvalue weighted by Gasteiger charge is 2.23. The van der Waals surface area contributed by atoms with Gasteiger partial charge in [-0.3, -0.25) is 9.59 Å². The molecule has 0 spiro atoms. The van der Waals surface area contributed by atoms with Gasteiger partial charge in [0.1, 0.15) is 5.75 Å². The van der Waals surface area contributed by atoms with Crippen molar-refractivity contribution in [2.45, 2.75) is 33.1 Å². The Morgan fingerprint density at radius 2 is 1.59 bits per heavy atom. The van der Waals surface area contributed by atoms with Crippen molar-refractivity contribution in [2.24, 2.45) is 0 Å². The number of aryl methyl sites for hydroxylation is 2. The van der Waals surface area contributed by atoms with Crippen LogP contribution in [0.5, 0.6) is 5.75 Å². The van der Waals surface area contributed by atoms with Crippen molar-refractivity contribution in [3.05, 3.63) is 65.2 Å². The molecular weight excluding hydrogens is 364 g/mol. The molecule has 0 unspecified atom stereocenters. The molecule has 5 nitrogen and oxygen atoms in total. The van der Waals surface area contributed by atoms with E-state index in [-0.39, 0.29) is 11.8 Å². The predicted octanol–water partition coefficient (Wildman–Crippen LogP) is 3.84. The van der Waals surface area contributed by atoms with Crippen LogP contribution in [0.25, 0.3) is 0 Å². The summed E-state index contributed by atoms with van der Waals surface area (Å²) in [6, 6.07) is 15.6. The molecule has 1 saturated heterocycles. The number of benzene rings is 2. The quantitative estimate of drug-likeness (QED) is 0.700. The molecule has 2 aromatic rings. The summed E-state index contributed by atoms with van der Waals surface area (Å²) in [5.74, 6) is 1.04. The summed E-state index contributed by atoms with van der Waals surface area (Å²) >= 11 is 0. The van der Waals surface area contributed by atoms with E-state index in [9.17, 15) is 9.59 Å². The minimum Gasteiger partial charge on any atom is -0.494 e. The normalized spacial score (nSPS) is 14.4. The number of hydrogen-bond donors (Lipinski definition) is 0. The SMILES string of the molecule is Cc1ccc(OCCCC(=O)N2CCCN(C(=O)c3ccccc3C)CC2)cc1. The van der Waals surface area contributed by atoms with E-state index in [2.05, 4.69) is 0 Å². The van der Waals surface area contributed by atoms with Crippen molar-refractivity contribution in [2.75, 3.05) is 32.8 Å². The molecule has 0 atom stereocenters. The van der Waals surface area contributed by atoms with Crippen molar-refractivity contribution >= 4 is 11.8 Å². The van der Waals surface area contributed by atoms with Crippen LogP contribution in [0.2, 0.25) is 0 Å². The van der Waals surface area contributed by atoms with E-state index in [1.807, 2.05) is 72.2 Å². The molecule has 0 bridgehead atoms. The van der Waals surface area contributed by atoms with Crippen molar-refractivity contribution in [1.29, 1.82) is 0 Å². The largest absolute Gasteiger partial charge is 0.494 e. The molecule has 0 saturated carbocycles. The van der Waals surface area contributed by atoms with Crippen LogP contribution in [0.4, 0.5) is 0 Å². The van der Waals surface area contributed by atoms with Gasteiger partial charge in [0, 0.05) is 38.2 Å². The van der Waals surface area contributed by atoms with Crippen molar-refractivity contribution in [3.63, 3.8) is 0 Å². The van der Waals surface area contributed by atoms with Crippen molar-refractivity contribution < 1.29 is 14.3 Å². The summed E-state index contributed by atoms with van der Waals surface area (Å²) in [7, 11) is 0. The van der Waals surface area contributed by atoms with Gasteiger partial charge in [-0.25, -0.2) is 0 Å². The third-order valence-electron chi connectivity index (χ3n) is 5.34. The van der Waals surface area contributed by atoms with Gasteiger partial charge in [0.25, 0.3) is 5.91 Å². The van der Waals surface area contributed by atoms with Gasteiger partial charge in [0.2, 0.25) is 5.91 Å². The van der Waals surface area contributed by atoms with Crippen molar-refractivity contribution in [3.8, 4) is 5.75 Å². The molecule has 1 aliphatic rings. The van der Waals surface area contributed by atoms with Gasteiger partial charge in [0.05, 0.1) is 6.61 Å². The molecule has 0 aromatic heterocycles. The molecule has 1 fully saturated rings. The van der Waals surface area contributed by atoms with Gasteiger partial charge in [-0.05, 0) is 50.5 Å². The highest BCUT2D eigenvalue weighted by atomic mass is 16.5. The van der Waals surface area contributed by atoms with Gasteiger partial charge in [-0.2, -0.15) is 0 Å². The zero-order valence-electron chi connectivity index (χ0n) is 17.4. The highest BCUT2D eigenvalue weighted by Crippen LogP contribution is 2.15. The second kappa shape index (κ2) is 10.1. The van der Waals surface area contributed by atoms with Crippen LogP contribution in [-0.4, -0.2) is 54.4 Å². The number of ether oxygens (including phenoxy) is 1. The first-order valence-corrected chi connectivity index (χ1v) is 10.4. The summed E-state index contributed by atoms with van der Waals surface area (Å²) in [5, 5.41) is 0. The molecule has 1 heterocycles.